The lowest BCUT2D eigenvalue weighted by Crippen LogP contribution is -2.42. The zero-order chi connectivity index (χ0) is 11.8. The second kappa shape index (κ2) is 3.72. The first kappa shape index (κ1) is 10.8. The van der Waals surface area contributed by atoms with Crippen molar-refractivity contribution in [1.29, 1.82) is 0 Å². The molecule has 0 unspecified atom stereocenters. The first-order valence-corrected chi connectivity index (χ1v) is 5.23. The van der Waals surface area contributed by atoms with Crippen LogP contribution in [0.2, 0.25) is 0 Å². The number of rotatable bonds is 2. The molecule has 0 aliphatic rings. The maximum atomic E-state index is 12.2. The van der Waals surface area contributed by atoms with Crippen LogP contribution in [0.15, 0.2) is 35.4 Å². The van der Waals surface area contributed by atoms with Gasteiger partial charge in [-0.2, -0.15) is 0 Å². The molecule has 1 aromatic heterocycles. The van der Waals surface area contributed by atoms with Gasteiger partial charge in [0.25, 0.3) is 5.56 Å². The van der Waals surface area contributed by atoms with Gasteiger partial charge < -0.3 is 5.73 Å². The van der Waals surface area contributed by atoms with Crippen LogP contribution in [-0.4, -0.2) is 16.1 Å². The molecule has 2 aromatic rings. The van der Waals surface area contributed by atoms with Crippen molar-refractivity contribution < 1.29 is 0 Å². The van der Waals surface area contributed by atoms with E-state index in [2.05, 4.69) is 4.98 Å². The van der Waals surface area contributed by atoms with Crippen LogP contribution in [0.5, 0.6) is 0 Å². The van der Waals surface area contributed by atoms with E-state index in [4.69, 9.17) is 5.73 Å². The Balaban J connectivity index is 2.76. The fourth-order valence-electron chi connectivity index (χ4n) is 1.60. The van der Waals surface area contributed by atoms with Gasteiger partial charge in [0.05, 0.1) is 22.8 Å². The quantitative estimate of drug-likeness (QED) is 0.819. The number of nitrogens with two attached hydrogens (primary N) is 1. The van der Waals surface area contributed by atoms with Gasteiger partial charge in [0.1, 0.15) is 0 Å². The number of nitrogens with zero attached hydrogens (tertiary/aromatic N) is 2. The standard InChI is InChI=1S/C12H15N3O/c1-12(2,7-13)15-8-14-10-6-4-3-5-9(10)11(15)16/h3-6,8H,7,13H2,1-2H3. The Bertz CT molecular complexity index is 572. The molecule has 0 radical (unpaired) electrons. The second-order valence-corrected chi connectivity index (χ2v) is 4.45. The van der Waals surface area contributed by atoms with Crippen molar-refractivity contribution in [3.8, 4) is 0 Å². The summed E-state index contributed by atoms with van der Waals surface area (Å²) < 4.78 is 1.59. The Morgan fingerprint density at radius 1 is 1.38 bits per heavy atom. The van der Waals surface area contributed by atoms with Gasteiger partial charge in [-0.15, -0.1) is 0 Å². The topological polar surface area (TPSA) is 60.9 Å². The summed E-state index contributed by atoms with van der Waals surface area (Å²) in [6.07, 6.45) is 1.57. The average Bonchev–Trinajstić information content (AvgIpc) is 2.29. The third kappa shape index (κ3) is 1.61. The lowest BCUT2D eigenvalue weighted by molar-refractivity contribution is 0.353. The van der Waals surface area contributed by atoms with Crippen LogP contribution in [0.25, 0.3) is 10.9 Å². The fourth-order valence-corrected chi connectivity index (χ4v) is 1.60. The van der Waals surface area contributed by atoms with Crippen molar-refractivity contribution in [2.45, 2.75) is 19.4 Å². The van der Waals surface area contributed by atoms with Gasteiger partial charge >= 0.3 is 0 Å². The van der Waals surface area contributed by atoms with Gasteiger partial charge in [-0.25, -0.2) is 4.98 Å². The summed E-state index contributed by atoms with van der Waals surface area (Å²) in [4.78, 5) is 16.5. The number of aromatic nitrogens is 2. The summed E-state index contributed by atoms with van der Waals surface area (Å²) in [5.74, 6) is 0. The molecule has 4 heteroatoms. The lowest BCUT2D eigenvalue weighted by atomic mass is 10.1. The summed E-state index contributed by atoms with van der Waals surface area (Å²) in [5, 5.41) is 0.631. The second-order valence-electron chi connectivity index (χ2n) is 4.45. The summed E-state index contributed by atoms with van der Waals surface area (Å²) in [6, 6.07) is 7.32. The Hall–Kier alpha value is -1.68. The van der Waals surface area contributed by atoms with Crippen molar-refractivity contribution in [2.75, 3.05) is 6.54 Å². The first-order valence-electron chi connectivity index (χ1n) is 5.23. The van der Waals surface area contributed by atoms with Crippen LogP contribution in [0.4, 0.5) is 0 Å². The van der Waals surface area contributed by atoms with Gasteiger partial charge in [-0.3, -0.25) is 9.36 Å². The van der Waals surface area contributed by atoms with E-state index in [0.29, 0.717) is 11.9 Å². The van der Waals surface area contributed by atoms with E-state index < -0.39 is 5.54 Å². The third-order valence-electron chi connectivity index (χ3n) is 2.82. The molecule has 0 spiro atoms. The minimum atomic E-state index is -0.409. The lowest BCUT2D eigenvalue weighted by Gasteiger charge is -2.25. The maximum Gasteiger partial charge on any atom is 0.261 e. The molecule has 0 atom stereocenters. The molecule has 0 aliphatic carbocycles. The van der Waals surface area contributed by atoms with Crippen LogP contribution >= 0.6 is 0 Å². The largest absolute Gasteiger partial charge is 0.328 e. The molecule has 16 heavy (non-hydrogen) atoms. The van der Waals surface area contributed by atoms with E-state index in [9.17, 15) is 4.79 Å². The normalized spacial score (nSPS) is 11.9. The van der Waals surface area contributed by atoms with Crippen LogP contribution in [0.1, 0.15) is 13.8 Å². The minimum Gasteiger partial charge on any atom is -0.328 e. The highest BCUT2D eigenvalue weighted by molar-refractivity contribution is 5.76. The number of para-hydroxylation sites is 1. The smallest absolute Gasteiger partial charge is 0.261 e. The number of benzene rings is 1. The van der Waals surface area contributed by atoms with Crippen molar-refractivity contribution in [1.82, 2.24) is 9.55 Å². The van der Waals surface area contributed by atoms with Crippen LogP contribution < -0.4 is 11.3 Å². The molecule has 0 fully saturated rings. The number of hydrogen-bond donors (Lipinski definition) is 1. The molecule has 0 aliphatic heterocycles. The van der Waals surface area contributed by atoms with Crippen LogP contribution in [-0.2, 0) is 5.54 Å². The zero-order valence-electron chi connectivity index (χ0n) is 9.47. The highest BCUT2D eigenvalue weighted by atomic mass is 16.1. The molecule has 0 amide bonds. The summed E-state index contributed by atoms with van der Waals surface area (Å²) in [7, 11) is 0. The Kier molecular flexibility index (Phi) is 2.52. The molecule has 2 N–H and O–H groups in total. The molecule has 0 bridgehead atoms. The molecular formula is C12H15N3O. The van der Waals surface area contributed by atoms with E-state index in [-0.39, 0.29) is 5.56 Å². The summed E-state index contributed by atoms with van der Waals surface area (Å²) >= 11 is 0. The zero-order valence-corrected chi connectivity index (χ0v) is 9.47. The van der Waals surface area contributed by atoms with Gasteiger partial charge in [0, 0.05) is 6.54 Å². The van der Waals surface area contributed by atoms with E-state index in [1.807, 2.05) is 32.0 Å². The molecule has 0 saturated carbocycles. The highest BCUT2D eigenvalue weighted by Gasteiger charge is 2.20. The van der Waals surface area contributed by atoms with Crippen molar-refractivity contribution in [3.63, 3.8) is 0 Å². The highest BCUT2D eigenvalue weighted by Crippen LogP contribution is 2.12. The molecule has 4 nitrogen and oxygen atoms in total. The van der Waals surface area contributed by atoms with Gasteiger partial charge in [-0.05, 0) is 26.0 Å². The molecule has 0 saturated heterocycles. The monoisotopic (exact) mass is 217 g/mol. The summed E-state index contributed by atoms with van der Waals surface area (Å²) in [6.45, 7) is 4.24. The van der Waals surface area contributed by atoms with E-state index in [1.165, 1.54) is 0 Å². The Morgan fingerprint density at radius 2 is 2.06 bits per heavy atom. The van der Waals surface area contributed by atoms with Gasteiger partial charge in [-0.1, -0.05) is 12.1 Å². The maximum absolute atomic E-state index is 12.2. The summed E-state index contributed by atoms with van der Waals surface area (Å²) in [5.41, 5.74) is 5.93. The van der Waals surface area contributed by atoms with E-state index >= 15 is 0 Å². The predicted octanol–water partition coefficient (Wildman–Crippen LogP) is 1.09. The predicted molar refractivity (Wildman–Crippen MR) is 64.4 cm³/mol. The number of hydrogen-bond acceptors (Lipinski definition) is 3. The SMILES string of the molecule is CC(C)(CN)n1cnc2ccccc2c1=O. The van der Waals surface area contributed by atoms with Crippen LogP contribution in [0, 0.1) is 0 Å². The first-order chi connectivity index (χ1) is 7.56. The Morgan fingerprint density at radius 3 is 2.75 bits per heavy atom. The van der Waals surface area contributed by atoms with Crippen LogP contribution in [0.3, 0.4) is 0 Å². The molecule has 1 heterocycles. The molecule has 2 rings (SSSR count). The van der Waals surface area contributed by atoms with Gasteiger partial charge in [0.15, 0.2) is 0 Å². The van der Waals surface area contributed by atoms with E-state index in [1.54, 1.807) is 17.0 Å². The van der Waals surface area contributed by atoms with Gasteiger partial charge in [0.2, 0.25) is 0 Å². The van der Waals surface area contributed by atoms with Crippen molar-refractivity contribution in [2.24, 2.45) is 5.73 Å². The molecular weight excluding hydrogens is 202 g/mol. The van der Waals surface area contributed by atoms with E-state index in [0.717, 1.165) is 5.52 Å². The third-order valence-corrected chi connectivity index (χ3v) is 2.82. The molecule has 1 aromatic carbocycles. The number of fused-ring (bicyclic) bond motifs is 1. The van der Waals surface area contributed by atoms with Crippen molar-refractivity contribution >= 4 is 10.9 Å². The molecule has 84 valence electrons. The minimum absolute atomic E-state index is 0.0407. The Labute approximate surface area is 93.7 Å². The van der Waals surface area contributed by atoms with Crippen molar-refractivity contribution in [3.05, 3.63) is 40.9 Å². The average molecular weight is 217 g/mol. The fraction of sp³-hybridized carbons (Fsp3) is 0.333.